The minimum absolute atomic E-state index is 0.0741. The van der Waals surface area contributed by atoms with Crippen molar-refractivity contribution in [2.24, 2.45) is 11.1 Å². The highest BCUT2D eigenvalue weighted by molar-refractivity contribution is 6.30. The minimum atomic E-state index is -0.732. The smallest absolute Gasteiger partial charge is 0.405 e. The van der Waals surface area contributed by atoms with Crippen molar-refractivity contribution in [3.8, 4) is 0 Å². The van der Waals surface area contributed by atoms with E-state index in [-0.39, 0.29) is 17.0 Å². The summed E-state index contributed by atoms with van der Waals surface area (Å²) in [6.45, 7) is 9.88. The number of anilines is 3. The Kier molecular flexibility index (Phi) is 7.37. The molecular formula is C28H38ClN7O3. The third-order valence-electron chi connectivity index (χ3n) is 8.31. The van der Waals surface area contributed by atoms with E-state index in [1.54, 1.807) is 6.20 Å². The molecule has 5 rings (SSSR count). The van der Waals surface area contributed by atoms with Crippen LogP contribution in [0.4, 0.5) is 22.4 Å². The number of nitrogens with one attached hydrogen (secondary N) is 2. The Hall–Kier alpha value is -3.11. The molecule has 1 aliphatic heterocycles. The lowest BCUT2D eigenvalue weighted by Gasteiger charge is -2.47. The number of aromatic nitrogens is 4. The molecule has 1 aliphatic carbocycles. The predicted octanol–water partition coefficient (Wildman–Crippen LogP) is 6.20. The molecule has 0 unspecified atom stereocenters. The van der Waals surface area contributed by atoms with Gasteiger partial charge in [0.2, 0.25) is 11.9 Å². The highest BCUT2D eigenvalue weighted by Gasteiger charge is 2.48. The molecule has 1 amide bonds. The molecule has 0 spiro atoms. The number of nitrogens with zero attached hydrogens (tertiary/aromatic N) is 4. The van der Waals surface area contributed by atoms with Gasteiger partial charge in [0.15, 0.2) is 5.65 Å². The molecule has 1 aromatic carbocycles. The zero-order valence-corrected chi connectivity index (χ0v) is 23.8. The van der Waals surface area contributed by atoms with Gasteiger partial charge in [-0.15, -0.1) is 0 Å². The van der Waals surface area contributed by atoms with Gasteiger partial charge in [0.05, 0.1) is 6.20 Å². The van der Waals surface area contributed by atoms with Gasteiger partial charge in [-0.25, -0.2) is 14.8 Å². The molecule has 2 aliphatic rings. The predicted molar refractivity (Wildman–Crippen MR) is 152 cm³/mol. The number of hydrogen-bond acceptors (Lipinski definition) is 8. The number of ether oxygens (including phenoxy) is 2. The minimum Gasteiger partial charge on any atom is -0.443 e. The van der Waals surface area contributed by atoms with Crippen LogP contribution in [-0.4, -0.2) is 50.0 Å². The SMILES string of the molecule is CC1(Nc2ncc3nc(Nc4cccc(Cl)c4)n(C4CCC(OC(N)=O)(C(C)(C)C)CC4)c3n2)CCOCC1. The van der Waals surface area contributed by atoms with Crippen molar-refractivity contribution in [2.75, 3.05) is 23.8 Å². The van der Waals surface area contributed by atoms with E-state index in [2.05, 4.69) is 47.9 Å². The van der Waals surface area contributed by atoms with Crippen LogP contribution < -0.4 is 16.4 Å². The number of halogens is 1. The molecule has 10 nitrogen and oxygen atoms in total. The molecule has 11 heteroatoms. The Balaban J connectivity index is 1.51. The fourth-order valence-corrected chi connectivity index (χ4v) is 6.01. The standard InChI is InChI=1S/C28H38ClN7O3/c1-26(2,3)28(39-23(30)37)10-8-20(9-11-28)36-22-21(33-25(36)32-19-7-5-6-18(29)16-19)17-31-24(34-22)35-27(4)12-14-38-15-13-27/h5-7,16-17,20H,8-15H2,1-4H3,(H2,30,37)(H,32,33)(H,31,34,35). The first kappa shape index (κ1) is 27.5. The van der Waals surface area contributed by atoms with E-state index >= 15 is 0 Å². The van der Waals surface area contributed by atoms with E-state index in [1.807, 2.05) is 24.3 Å². The van der Waals surface area contributed by atoms with Gasteiger partial charge < -0.3 is 25.8 Å². The number of amides is 1. The summed E-state index contributed by atoms with van der Waals surface area (Å²) >= 11 is 6.26. The molecule has 0 radical (unpaired) electrons. The number of fused-ring (bicyclic) bond motifs is 1. The zero-order chi connectivity index (χ0) is 27.8. The Bertz CT molecular complexity index is 1340. The fourth-order valence-electron chi connectivity index (χ4n) is 5.82. The van der Waals surface area contributed by atoms with Crippen molar-refractivity contribution in [3.63, 3.8) is 0 Å². The Labute approximate surface area is 234 Å². The van der Waals surface area contributed by atoms with E-state index in [4.69, 9.17) is 36.8 Å². The largest absolute Gasteiger partial charge is 0.443 e. The first-order valence-corrected chi connectivity index (χ1v) is 14.0. The van der Waals surface area contributed by atoms with Crippen LogP contribution in [0.1, 0.15) is 72.3 Å². The normalized spacial score (nSPS) is 23.4. The lowest BCUT2D eigenvalue weighted by Crippen LogP contribution is -2.50. The molecule has 1 saturated carbocycles. The summed E-state index contributed by atoms with van der Waals surface area (Å²) in [5, 5.41) is 7.63. The maximum atomic E-state index is 11.8. The molecule has 3 aromatic rings. The van der Waals surface area contributed by atoms with Crippen LogP contribution in [0.2, 0.25) is 5.02 Å². The third kappa shape index (κ3) is 5.77. The summed E-state index contributed by atoms with van der Waals surface area (Å²) in [5.41, 5.74) is 6.75. The third-order valence-corrected chi connectivity index (χ3v) is 8.55. The highest BCUT2D eigenvalue weighted by atomic mass is 35.5. The maximum absolute atomic E-state index is 11.8. The second kappa shape index (κ2) is 10.5. The lowest BCUT2D eigenvalue weighted by atomic mass is 9.67. The lowest BCUT2D eigenvalue weighted by molar-refractivity contribution is -0.0952. The van der Waals surface area contributed by atoms with Gasteiger partial charge in [0, 0.05) is 40.9 Å². The highest BCUT2D eigenvalue weighted by Crippen LogP contribution is 2.48. The summed E-state index contributed by atoms with van der Waals surface area (Å²) in [6.07, 6.45) is 5.68. The van der Waals surface area contributed by atoms with Gasteiger partial charge in [-0.2, -0.15) is 4.98 Å². The summed E-state index contributed by atoms with van der Waals surface area (Å²) in [6, 6.07) is 7.62. The molecule has 210 valence electrons. The van der Waals surface area contributed by atoms with E-state index in [0.717, 1.165) is 37.0 Å². The molecular weight excluding hydrogens is 518 g/mol. The van der Waals surface area contributed by atoms with Crippen LogP contribution in [0.5, 0.6) is 0 Å². The number of carbonyl (C=O) groups is 1. The molecule has 0 atom stereocenters. The number of nitrogens with two attached hydrogens (primary N) is 1. The Morgan fingerprint density at radius 1 is 1.18 bits per heavy atom. The average Bonchev–Trinajstić information content (AvgIpc) is 3.20. The number of carbonyl (C=O) groups excluding carboxylic acids is 1. The number of imidazole rings is 1. The summed E-state index contributed by atoms with van der Waals surface area (Å²) in [7, 11) is 0. The number of benzene rings is 1. The van der Waals surface area contributed by atoms with Gasteiger partial charge >= 0.3 is 6.09 Å². The van der Waals surface area contributed by atoms with Gasteiger partial charge in [-0.1, -0.05) is 38.4 Å². The quantitative estimate of drug-likeness (QED) is 0.328. The van der Waals surface area contributed by atoms with E-state index in [0.29, 0.717) is 48.5 Å². The van der Waals surface area contributed by atoms with Crippen LogP contribution in [0, 0.1) is 5.41 Å². The van der Waals surface area contributed by atoms with Crippen molar-refractivity contribution >= 4 is 46.4 Å². The van der Waals surface area contributed by atoms with E-state index < -0.39 is 11.7 Å². The van der Waals surface area contributed by atoms with Crippen LogP contribution in [0.15, 0.2) is 30.5 Å². The summed E-state index contributed by atoms with van der Waals surface area (Å²) < 4.78 is 13.5. The van der Waals surface area contributed by atoms with Crippen molar-refractivity contribution in [2.45, 2.75) is 83.4 Å². The molecule has 2 aromatic heterocycles. The molecule has 0 bridgehead atoms. The van der Waals surface area contributed by atoms with Crippen LogP contribution in [-0.2, 0) is 9.47 Å². The summed E-state index contributed by atoms with van der Waals surface area (Å²) in [5.74, 6) is 1.24. The van der Waals surface area contributed by atoms with Crippen LogP contribution in [0.3, 0.4) is 0 Å². The van der Waals surface area contributed by atoms with Crippen molar-refractivity contribution < 1.29 is 14.3 Å². The second-order valence-corrected chi connectivity index (χ2v) is 12.5. The van der Waals surface area contributed by atoms with E-state index in [9.17, 15) is 4.79 Å². The van der Waals surface area contributed by atoms with Gasteiger partial charge in [0.25, 0.3) is 0 Å². The first-order chi connectivity index (χ1) is 18.5. The topological polar surface area (TPSA) is 129 Å². The average molecular weight is 556 g/mol. The first-order valence-electron chi connectivity index (χ1n) is 13.6. The van der Waals surface area contributed by atoms with Crippen LogP contribution in [0.25, 0.3) is 11.2 Å². The van der Waals surface area contributed by atoms with Crippen LogP contribution >= 0.6 is 11.6 Å². The molecule has 39 heavy (non-hydrogen) atoms. The van der Waals surface area contributed by atoms with Gasteiger partial charge in [-0.3, -0.25) is 4.57 Å². The number of hydrogen-bond donors (Lipinski definition) is 3. The molecule has 3 heterocycles. The Morgan fingerprint density at radius 3 is 2.54 bits per heavy atom. The van der Waals surface area contributed by atoms with Crippen molar-refractivity contribution in [1.29, 1.82) is 0 Å². The van der Waals surface area contributed by atoms with Crippen molar-refractivity contribution in [3.05, 3.63) is 35.5 Å². The van der Waals surface area contributed by atoms with Gasteiger partial charge in [0.1, 0.15) is 11.1 Å². The molecule has 2 fully saturated rings. The van der Waals surface area contributed by atoms with Gasteiger partial charge in [-0.05, 0) is 63.6 Å². The molecule has 1 saturated heterocycles. The summed E-state index contributed by atoms with van der Waals surface area (Å²) in [4.78, 5) is 26.3. The zero-order valence-electron chi connectivity index (χ0n) is 23.1. The monoisotopic (exact) mass is 555 g/mol. The molecule has 4 N–H and O–H groups in total. The maximum Gasteiger partial charge on any atom is 0.405 e. The Morgan fingerprint density at radius 2 is 1.90 bits per heavy atom. The second-order valence-electron chi connectivity index (χ2n) is 12.0. The fraction of sp³-hybridized carbons (Fsp3) is 0.571. The number of rotatable bonds is 6. The number of primary amides is 1. The van der Waals surface area contributed by atoms with Crippen molar-refractivity contribution in [1.82, 2.24) is 19.5 Å². The van der Waals surface area contributed by atoms with E-state index in [1.165, 1.54) is 0 Å².